The van der Waals surface area contributed by atoms with Gasteiger partial charge in [0, 0.05) is 25.9 Å². The Kier molecular flexibility index (Phi) is 5.09. The van der Waals surface area contributed by atoms with E-state index in [2.05, 4.69) is 27.2 Å². The zero-order valence-corrected chi connectivity index (χ0v) is 16.7. The van der Waals surface area contributed by atoms with Crippen LogP contribution in [0.1, 0.15) is 30.3 Å². The molecule has 1 aromatic heterocycles. The van der Waals surface area contributed by atoms with Crippen LogP contribution in [0.25, 0.3) is 11.5 Å². The van der Waals surface area contributed by atoms with Crippen molar-refractivity contribution in [2.24, 2.45) is 0 Å². The Morgan fingerprint density at radius 2 is 1.59 bits per heavy atom. The summed E-state index contributed by atoms with van der Waals surface area (Å²) in [7, 11) is 0. The van der Waals surface area contributed by atoms with Crippen LogP contribution in [-0.4, -0.2) is 47.2 Å². The Bertz CT molecular complexity index is 962. The Balaban J connectivity index is 1.45. The number of likely N-dealkylation sites (tertiary alicyclic amines) is 1. The van der Waals surface area contributed by atoms with Gasteiger partial charge in [-0.05, 0) is 17.7 Å². The van der Waals surface area contributed by atoms with Gasteiger partial charge in [-0.25, -0.2) is 0 Å². The summed E-state index contributed by atoms with van der Waals surface area (Å²) in [6.07, 6.45) is 1.64. The van der Waals surface area contributed by atoms with E-state index < -0.39 is 5.79 Å². The van der Waals surface area contributed by atoms with Gasteiger partial charge in [-0.2, -0.15) is 0 Å². The molecule has 0 N–H and O–H groups in total. The highest BCUT2D eigenvalue weighted by atomic mass is 35.5. The molecule has 2 saturated heterocycles. The van der Waals surface area contributed by atoms with Crippen molar-refractivity contribution < 1.29 is 13.9 Å². The summed E-state index contributed by atoms with van der Waals surface area (Å²) in [6.45, 7) is 2.99. The summed E-state index contributed by atoms with van der Waals surface area (Å²) in [4.78, 5) is 2.36. The smallest absolute Gasteiger partial charge is 0.249 e. The molecule has 2 aromatic carbocycles. The van der Waals surface area contributed by atoms with Crippen molar-refractivity contribution in [2.75, 3.05) is 26.3 Å². The summed E-state index contributed by atoms with van der Waals surface area (Å²) in [5.41, 5.74) is 1.86. The molecule has 5 rings (SSSR count). The molecule has 3 heterocycles. The van der Waals surface area contributed by atoms with Crippen molar-refractivity contribution in [2.45, 2.75) is 24.7 Å². The van der Waals surface area contributed by atoms with Crippen LogP contribution in [0, 0.1) is 0 Å². The first kappa shape index (κ1) is 18.8. The van der Waals surface area contributed by atoms with E-state index in [1.165, 1.54) is 0 Å². The van der Waals surface area contributed by atoms with Crippen LogP contribution in [0.15, 0.2) is 59.0 Å². The van der Waals surface area contributed by atoms with Gasteiger partial charge in [-0.1, -0.05) is 54.1 Å². The molecule has 0 saturated carbocycles. The molecule has 1 atom stereocenters. The van der Waals surface area contributed by atoms with Gasteiger partial charge in [0.2, 0.25) is 11.8 Å². The van der Waals surface area contributed by atoms with Crippen LogP contribution < -0.4 is 0 Å². The van der Waals surface area contributed by atoms with Crippen molar-refractivity contribution in [1.82, 2.24) is 15.1 Å². The number of aromatic nitrogens is 2. The van der Waals surface area contributed by atoms with Crippen LogP contribution in [-0.2, 0) is 9.47 Å². The molecule has 150 valence electrons. The Morgan fingerprint density at radius 3 is 2.31 bits per heavy atom. The Morgan fingerprint density at radius 1 is 0.897 bits per heavy atom. The quantitative estimate of drug-likeness (QED) is 0.637. The van der Waals surface area contributed by atoms with Crippen LogP contribution in [0.5, 0.6) is 0 Å². The van der Waals surface area contributed by atoms with E-state index in [1.54, 1.807) is 0 Å². The van der Waals surface area contributed by atoms with E-state index in [9.17, 15) is 0 Å². The molecule has 29 heavy (non-hydrogen) atoms. The fourth-order valence-electron chi connectivity index (χ4n) is 4.14. The van der Waals surface area contributed by atoms with Gasteiger partial charge in [-0.15, -0.1) is 10.2 Å². The minimum atomic E-state index is -0.421. The third-order valence-corrected chi connectivity index (χ3v) is 5.96. The van der Waals surface area contributed by atoms with Gasteiger partial charge in [0.05, 0.1) is 23.8 Å². The monoisotopic (exact) mass is 411 g/mol. The number of hydrogen-bond acceptors (Lipinski definition) is 6. The topological polar surface area (TPSA) is 60.6 Å². The standard InChI is InChI=1S/C22H22ClN3O3/c23-18-9-5-4-8-17(18)20-24-25-21(29-20)19(16-6-2-1-3-7-16)26-12-10-22(11-13-26)27-14-15-28-22/h1-9,19H,10-15H2/t19-/m1/s1. The predicted octanol–water partition coefficient (Wildman–Crippen LogP) is 4.32. The van der Waals surface area contributed by atoms with Crippen molar-refractivity contribution in [1.29, 1.82) is 0 Å². The first-order valence-electron chi connectivity index (χ1n) is 9.89. The zero-order chi connectivity index (χ0) is 19.7. The van der Waals surface area contributed by atoms with Crippen LogP contribution in [0.2, 0.25) is 5.02 Å². The van der Waals surface area contributed by atoms with Crippen LogP contribution in [0.4, 0.5) is 0 Å². The van der Waals surface area contributed by atoms with E-state index in [0.29, 0.717) is 30.0 Å². The molecule has 3 aromatic rings. The van der Waals surface area contributed by atoms with Gasteiger partial charge in [0.15, 0.2) is 5.79 Å². The van der Waals surface area contributed by atoms with Crippen LogP contribution >= 0.6 is 11.6 Å². The SMILES string of the molecule is Clc1ccccc1-c1nnc([C@@H](c2ccccc2)N2CCC3(CC2)OCCO3)o1. The largest absolute Gasteiger partial charge is 0.419 e. The highest BCUT2D eigenvalue weighted by molar-refractivity contribution is 6.33. The van der Waals surface area contributed by atoms with Gasteiger partial charge in [-0.3, -0.25) is 4.90 Å². The summed E-state index contributed by atoms with van der Waals surface area (Å²) >= 11 is 6.32. The summed E-state index contributed by atoms with van der Waals surface area (Å²) in [5.74, 6) is 0.577. The molecular weight excluding hydrogens is 390 g/mol. The molecule has 0 aliphatic carbocycles. The lowest BCUT2D eigenvalue weighted by molar-refractivity contribution is -0.187. The summed E-state index contributed by atoms with van der Waals surface area (Å²) in [5, 5.41) is 9.27. The van der Waals surface area contributed by atoms with E-state index in [1.807, 2.05) is 42.5 Å². The average Bonchev–Trinajstić information content (AvgIpc) is 3.41. The zero-order valence-electron chi connectivity index (χ0n) is 16.0. The number of nitrogens with zero attached hydrogens (tertiary/aromatic N) is 3. The lowest BCUT2D eigenvalue weighted by Gasteiger charge is -2.40. The molecule has 2 aliphatic rings. The molecule has 0 unspecified atom stereocenters. The van der Waals surface area contributed by atoms with E-state index >= 15 is 0 Å². The maximum atomic E-state index is 6.32. The first-order chi connectivity index (χ1) is 14.2. The minimum Gasteiger partial charge on any atom is -0.419 e. The first-order valence-corrected chi connectivity index (χ1v) is 10.3. The van der Waals surface area contributed by atoms with Crippen molar-refractivity contribution >= 4 is 11.6 Å². The Hall–Kier alpha value is -2.25. The van der Waals surface area contributed by atoms with Gasteiger partial charge in [0.1, 0.15) is 6.04 Å². The molecule has 6 nitrogen and oxygen atoms in total. The second-order valence-electron chi connectivity index (χ2n) is 7.38. The molecular formula is C22H22ClN3O3. The molecule has 0 radical (unpaired) electrons. The molecule has 0 amide bonds. The summed E-state index contributed by atoms with van der Waals surface area (Å²) in [6, 6.07) is 17.6. The highest BCUT2D eigenvalue weighted by Crippen LogP contribution is 2.37. The number of hydrogen-bond donors (Lipinski definition) is 0. The third kappa shape index (κ3) is 3.69. The van der Waals surface area contributed by atoms with E-state index in [4.69, 9.17) is 25.5 Å². The Labute approximate surface area is 174 Å². The van der Waals surface area contributed by atoms with Gasteiger partial charge in [0.25, 0.3) is 0 Å². The number of rotatable bonds is 4. The van der Waals surface area contributed by atoms with Gasteiger partial charge >= 0.3 is 0 Å². The predicted molar refractivity (Wildman–Crippen MR) is 108 cm³/mol. The summed E-state index contributed by atoms with van der Waals surface area (Å²) < 4.78 is 17.9. The molecule has 2 fully saturated rings. The lowest BCUT2D eigenvalue weighted by Crippen LogP contribution is -2.46. The molecule has 7 heteroatoms. The number of ether oxygens (including phenoxy) is 2. The van der Waals surface area contributed by atoms with E-state index in [0.717, 1.165) is 37.1 Å². The average molecular weight is 412 g/mol. The maximum absolute atomic E-state index is 6.32. The van der Waals surface area contributed by atoms with E-state index in [-0.39, 0.29) is 6.04 Å². The maximum Gasteiger partial charge on any atom is 0.249 e. The second-order valence-corrected chi connectivity index (χ2v) is 7.79. The van der Waals surface area contributed by atoms with Crippen molar-refractivity contribution in [3.05, 3.63) is 71.1 Å². The fourth-order valence-corrected chi connectivity index (χ4v) is 4.36. The minimum absolute atomic E-state index is 0.126. The van der Waals surface area contributed by atoms with Crippen molar-refractivity contribution in [3.8, 4) is 11.5 Å². The fraction of sp³-hybridized carbons (Fsp3) is 0.364. The van der Waals surface area contributed by atoms with Crippen molar-refractivity contribution in [3.63, 3.8) is 0 Å². The second kappa shape index (κ2) is 7.88. The van der Waals surface area contributed by atoms with Crippen LogP contribution in [0.3, 0.4) is 0 Å². The number of benzene rings is 2. The molecule has 1 spiro atoms. The van der Waals surface area contributed by atoms with Gasteiger partial charge < -0.3 is 13.9 Å². The molecule has 2 aliphatic heterocycles. The number of piperidine rings is 1. The highest BCUT2D eigenvalue weighted by Gasteiger charge is 2.42. The normalized spacial score (nSPS) is 20.2. The molecule has 0 bridgehead atoms. The number of halogens is 1. The lowest BCUT2D eigenvalue weighted by atomic mass is 9.98. The third-order valence-electron chi connectivity index (χ3n) is 5.63.